The van der Waals surface area contributed by atoms with E-state index in [1.807, 2.05) is 44.2 Å². The molecular formula is C20H25NO. The summed E-state index contributed by atoms with van der Waals surface area (Å²) in [7, 11) is 0. The van der Waals surface area contributed by atoms with Gasteiger partial charge in [0.05, 0.1) is 12.0 Å². The van der Waals surface area contributed by atoms with Crippen LogP contribution in [0.15, 0.2) is 42.5 Å². The maximum Gasteiger partial charge on any atom is 0.225 e. The lowest BCUT2D eigenvalue weighted by molar-refractivity contribution is -0.122. The van der Waals surface area contributed by atoms with Gasteiger partial charge in [-0.25, -0.2) is 0 Å². The lowest BCUT2D eigenvalue weighted by Gasteiger charge is -2.27. The van der Waals surface area contributed by atoms with Crippen LogP contribution >= 0.6 is 0 Å². The number of hydrogen-bond donors (Lipinski definition) is 1. The Hall–Kier alpha value is -2.09. The molecule has 0 spiro atoms. The smallest absolute Gasteiger partial charge is 0.225 e. The second kappa shape index (κ2) is 6.35. The van der Waals surface area contributed by atoms with Gasteiger partial charge >= 0.3 is 0 Å². The standard InChI is InChI=1S/C20H25NO/c1-14-11-15(2)18(16(3)12-14)13-19(22)21-20(4,5)17-9-7-6-8-10-17/h6-12H,13H2,1-5H3,(H,21,22). The monoisotopic (exact) mass is 295 g/mol. The highest BCUT2D eigenvalue weighted by atomic mass is 16.1. The van der Waals surface area contributed by atoms with Crippen LogP contribution in [0.4, 0.5) is 0 Å². The fourth-order valence-corrected chi connectivity index (χ4v) is 2.97. The van der Waals surface area contributed by atoms with E-state index in [0.717, 1.165) is 11.1 Å². The summed E-state index contributed by atoms with van der Waals surface area (Å²) in [6.07, 6.45) is 0.425. The van der Waals surface area contributed by atoms with Crippen LogP contribution in [0.2, 0.25) is 0 Å². The fourth-order valence-electron chi connectivity index (χ4n) is 2.97. The maximum atomic E-state index is 12.5. The second-order valence-corrected chi connectivity index (χ2v) is 6.59. The molecule has 0 radical (unpaired) electrons. The quantitative estimate of drug-likeness (QED) is 0.899. The van der Waals surface area contributed by atoms with Crippen molar-refractivity contribution in [2.75, 3.05) is 0 Å². The third-order valence-electron chi connectivity index (χ3n) is 4.13. The minimum Gasteiger partial charge on any atom is -0.347 e. The molecule has 1 amide bonds. The molecule has 116 valence electrons. The molecule has 0 bridgehead atoms. The predicted molar refractivity (Wildman–Crippen MR) is 92.0 cm³/mol. The van der Waals surface area contributed by atoms with E-state index >= 15 is 0 Å². The van der Waals surface area contributed by atoms with Crippen LogP contribution in [0.25, 0.3) is 0 Å². The van der Waals surface area contributed by atoms with Crippen molar-refractivity contribution >= 4 is 5.91 Å². The molecule has 2 nitrogen and oxygen atoms in total. The van der Waals surface area contributed by atoms with Gasteiger partial charge in [-0.15, -0.1) is 0 Å². The summed E-state index contributed by atoms with van der Waals surface area (Å²) in [6.45, 7) is 10.3. The number of amides is 1. The summed E-state index contributed by atoms with van der Waals surface area (Å²) >= 11 is 0. The number of nitrogens with one attached hydrogen (secondary N) is 1. The number of hydrogen-bond acceptors (Lipinski definition) is 1. The van der Waals surface area contributed by atoms with Gasteiger partial charge in [0.25, 0.3) is 0 Å². The van der Waals surface area contributed by atoms with Crippen molar-refractivity contribution in [2.24, 2.45) is 0 Å². The second-order valence-electron chi connectivity index (χ2n) is 6.59. The molecule has 0 saturated carbocycles. The van der Waals surface area contributed by atoms with E-state index in [0.29, 0.717) is 6.42 Å². The van der Waals surface area contributed by atoms with Gasteiger partial charge in [0.1, 0.15) is 0 Å². The van der Waals surface area contributed by atoms with Crippen molar-refractivity contribution in [1.29, 1.82) is 0 Å². The molecule has 0 unspecified atom stereocenters. The molecule has 0 aliphatic rings. The predicted octanol–water partition coefficient (Wildman–Crippen LogP) is 4.21. The van der Waals surface area contributed by atoms with Crippen LogP contribution in [0, 0.1) is 20.8 Å². The molecule has 0 aliphatic carbocycles. The molecule has 2 aromatic rings. The van der Waals surface area contributed by atoms with Gasteiger partial charge in [-0.3, -0.25) is 4.79 Å². The molecule has 2 rings (SSSR count). The van der Waals surface area contributed by atoms with Crippen molar-refractivity contribution in [3.05, 3.63) is 70.3 Å². The molecule has 0 aliphatic heterocycles. The van der Waals surface area contributed by atoms with E-state index in [9.17, 15) is 4.79 Å². The molecule has 2 aromatic carbocycles. The number of benzene rings is 2. The van der Waals surface area contributed by atoms with Crippen molar-refractivity contribution in [3.8, 4) is 0 Å². The van der Waals surface area contributed by atoms with Gasteiger partial charge in [0.2, 0.25) is 5.91 Å². The molecule has 2 heteroatoms. The summed E-state index contributed by atoms with van der Waals surface area (Å²) in [5.74, 6) is 0.0592. The highest BCUT2D eigenvalue weighted by molar-refractivity contribution is 5.80. The van der Waals surface area contributed by atoms with Crippen molar-refractivity contribution < 1.29 is 4.79 Å². The zero-order valence-corrected chi connectivity index (χ0v) is 14.2. The lowest BCUT2D eigenvalue weighted by atomic mass is 9.93. The number of carbonyl (C=O) groups excluding carboxylic acids is 1. The Morgan fingerprint density at radius 3 is 2.09 bits per heavy atom. The largest absolute Gasteiger partial charge is 0.347 e. The van der Waals surface area contributed by atoms with E-state index in [-0.39, 0.29) is 11.4 Å². The number of rotatable bonds is 4. The Morgan fingerprint density at radius 1 is 1.00 bits per heavy atom. The van der Waals surface area contributed by atoms with Crippen LogP contribution in [-0.4, -0.2) is 5.91 Å². The lowest BCUT2D eigenvalue weighted by Crippen LogP contribution is -2.41. The Bertz CT molecular complexity index is 648. The van der Waals surface area contributed by atoms with Crippen LogP contribution in [0.3, 0.4) is 0 Å². The van der Waals surface area contributed by atoms with Gasteiger partial charge in [0.15, 0.2) is 0 Å². The molecule has 0 heterocycles. The normalized spacial score (nSPS) is 11.3. The summed E-state index contributed by atoms with van der Waals surface area (Å²) in [4.78, 5) is 12.5. The fraction of sp³-hybridized carbons (Fsp3) is 0.350. The maximum absolute atomic E-state index is 12.5. The Morgan fingerprint density at radius 2 is 1.55 bits per heavy atom. The van der Waals surface area contributed by atoms with Gasteiger partial charge in [-0.05, 0) is 56.9 Å². The first-order chi connectivity index (χ1) is 10.3. The van der Waals surface area contributed by atoms with Gasteiger partial charge < -0.3 is 5.32 Å². The van der Waals surface area contributed by atoms with E-state index in [1.54, 1.807) is 0 Å². The molecule has 1 N–H and O–H groups in total. The zero-order chi connectivity index (χ0) is 16.3. The molecule has 22 heavy (non-hydrogen) atoms. The Balaban J connectivity index is 2.14. The Kier molecular flexibility index (Phi) is 4.70. The highest BCUT2D eigenvalue weighted by Crippen LogP contribution is 2.21. The van der Waals surface area contributed by atoms with Gasteiger partial charge in [0, 0.05) is 0 Å². The summed E-state index contributed by atoms with van der Waals surface area (Å²) in [5, 5.41) is 3.15. The molecule has 0 aromatic heterocycles. The highest BCUT2D eigenvalue weighted by Gasteiger charge is 2.23. The van der Waals surface area contributed by atoms with Crippen LogP contribution < -0.4 is 5.32 Å². The molecule has 0 saturated heterocycles. The average Bonchev–Trinajstić information content (AvgIpc) is 2.43. The van der Waals surface area contributed by atoms with E-state index in [2.05, 4.69) is 38.2 Å². The minimum absolute atomic E-state index is 0.0592. The van der Waals surface area contributed by atoms with Crippen LogP contribution in [0.1, 0.15) is 41.7 Å². The number of carbonyl (C=O) groups is 1. The first-order valence-corrected chi connectivity index (χ1v) is 7.73. The summed E-state index contributed by atoms with van der Waals surface area (Å²) in [5.41, 5.74) is 5.48. The third-order valence-corrected chi connectivity index (χ3v) is 4.13. The van der Waals surface area contributed by atoms with Crippen molar-refractivity contribution in [3.63, 3.8) is 0 Å². The topological polar surface area (TPSA) is 29.1 Å². The van der Waals surface area contributed by atoms with Crippen LogP contribution in [-0.2, 0) is 16.8 Å². The third kappa shape index (κ3) is 3.76. The average molecular weight is 295 g/mol. The van der Waals surface area contributed by atoms with E-state index in [1.165, 1.54) is 16.7 Å². The minimum atomic E-state index is -0.370. The van der Waals surface area contributed by atoms with Crippen molar-refractivity contribution in [2.45, 2.75) is 46.6 Å². The molecular weight excluding hydrogens is 270 g/mol. The first kappa shape index (κ1) is 16.3. The van der Waals surface area contributed by atoms with Gasteiger partial charge in [-0.2, -0.15) is 0 Å². The molecule has 0 atom stereocenters. The SMILES string of the molecule is Cc1cc(C)c(CC(=O)NC(C)(C)c2ccccc2)c(C)c1. The summed E-state index contributed by atoms with van der Waals surface area (Å²) in [6, 6.07) is 14.3. The van der Waals surface area contributed by atoms with Crippen molar-refractivity contribution in [1.82, 2.24) is 5.32 Å². The van der Waals surface area contributed by atoms with Gasteiger partial charge in [-0.1, -0.05) is 48.0 Å². The number of aryl methyl sites for hydroxylation is 3. The molecule has 0 fully saturated rings. The summed E-state index contributed by atoms with van der Waals surface area (Å²) < 4.78 is 0. The first-order valence-electron chi connectivity index (χ1n) is 7.73. The zero-order valence-electron chi connectivity index (χ0n) is 14.2. The van der Waals surface area contributed by atoms with E-state index < -0.39 is 0 Å². The van der Waals surface area contributed by atoms with E-state index in [4.69, 9.17) is 0 Å². The Labute approximate surface area is 133 Å². The van der Waals surface area contributed by atoms with Crippen LogP contribution in [0.5, 0.6) is 0 Å².